The minimum atomic E-state index is -1.35. The first-order valence-electron chi connectivity index (χ1n) is 16.0. The Hall–Kier alpha value is -6.41. The van der Waals surface area contributed by atoms with Gasteiger partial charge in [0, 0.05) is 22.7 Å². The van der Waals surface area contributed by atoms with Crippen LogP contribution in [0.4, 0.5) is 11.4 Å². The molecule has 0 saturated heterocycles. The minimum Gasteiger partial charge on any atom is -0.493 e. The molecule has 264 valence electrons. The highest BCUT2D eigenvalue weighted by atomic mass is 32.1. The molecule has 7 rings (SSSR count). The maximum atomic E-state index is 14.7. The number of anilines is 2. The van der Waals surface area contributed by atoms with Crippen molar-refractivity contribution in [1.29, 1.82) is 0 Å². The van der Waals surface area contributed by atoms with Crippen molar-refractivity contribution in [3.8, 4) is 40.0 Å². The van der Waals surface area contributed by atoms with Crippen LogP contribution in [0, 0.1) is 0 Å². The summed E-state index contributed by atoms with van der Waals surface area (Å²) in [5.41, 5.74) is 2.76. The summed E-state index contributed by atoms with van der Waals surface area (Å²) in [4.78, 5) is 62.7. The van der Waals surface area contributed by atoms with E-state index in [4.69, 9.17) is 28.7 Å². The fourth-order valence-corrected chi connectivity index (χ4v) is 6.94. The normalized spacial score (nSPS) is 13.4. The summed E-state index contributed by atoms with van der Waals surface area (Å²) in [6.07, 6.45) is 0. The summed E-state index contributed by atoms with van der Waals surface area (Å²) in [6.45, 7) is -0.622. The Kier molecular flexibility index (Phi) is 9.46. The van der Waals surface area contributed by atoms with Crippen molar-refractivity contribution in [2.24, 2.45) is 0 Å². The Bertz CT molecular complexity index is 2160. The summed E-state index contributed by atoms with van der Waals surface area (Å²) in [5, 5.41) is 5.30. The fourth-order valence-electron chi connectivity index (χ4n) is 6.14. The predicted octanol–water partition coefficient (Wildman–Crippen LogP) is 5.50. The summed E-state index contributed by atoms with van der Waals surface area (Å²) in [5.74, 6) is -1.04. The number of rotatable bonds is 12. The van der Waals surface area contributed by atoms with Gasteiger partial charge in [0.05, 0.1) is 44.8 Å². The van der Waals surface area contributed by atoms with Crippen molar-refractivity contribution in [3.05, 3.63) is 106 Å². The second-order valence-corrected chi connectivity index (χ2v) is 12.6. The number of aromatic nitrogens is 1. The average molecular weight is 721 g/mol. The van der Waals surface area contributed by atoms with Crippen molar-refractivity contribution < 1.29 is 42.9 Å². The van der Waals surface area contributed by atoms with Crippen LogP contribution in [-0.2, 0) is 20.9 Å². The largest absolute Gasteiger partial charge is 0.493 e. The van der Waals surface area contributed by atoms with Crippen LogP contribution in [0.15, 0.2) is 90.3 Å². The number of Topliss-reactive ketones (excluding diaryl/α,β-unsaturated/α-hetero) is 1. The van der Waals surface area contributed by atoms with Gasteiger partial charge in [-0.15, -0.1) is 11.3 Å². The fraction of sp³-hybridized carbons (Fsp3) is 0.184. The lowest BCUT2D eigenvalue weighted by molar-refractivity contribution is -0.139. The highest BCUT2D eigenvalue weighted by Crippen LogP contribution is 2.42. The Balaban J connectivity index is 1.33. The molecule has 1 N–H and O–H groups in total. The van der Waals surface area contributed by atoms with Gasteiger partial charge in [-0.3, -0.25) is 24.1 Å². The van der Waals surface area contributed by atoms with Gasteiger partial charge in [0.1, 0.15) is 17.6 Å². The van der Waals surface area contributed by atoms with Crippen LogP contribution in [0.3, 0.4) is 0 Å². The number of hydrogen-bond acceptors (Lipinski definition) is 11. The zero-order valence-corrected chi connectivity index (χ0v) is 29.1. The van der Waals surface area contributed by atoms with Gasteiger partial charge in [-0.2, -0.15) is 0 Å². The van der Waals surface area contributed by atoms with Crippen molar-refractivity contribution in [2.45, 2.75) is 12.6 Å². The Morgan fingerprint density at radius 1 is 0.904 bits per heavy atom. The van der Waals surface area contributed by atoms with Gasteiger partial charge in [-0.1, -0.05) is 42.5 Å². The number of benzene rings is 4. The molecule has 0 radical (unpaired) electrons. The number of thiazole rings is 1. The summed E-state index contributed by atoms with van der Waals surface area (Å²) in [6, 6.07) is 22.8. The first-order chi connectivity index (χ1) is 25.3. The topological polar surface area (TPSA) is 146 Å². The van der Waals surface area contributed by atoms with Crippen LogP contribution >= 0.6 is 11.3 Å². The molecule has 0 saturated carbocycles. The molecular weight excluding hydrogens is 689 g/mol. The molecule has 2 aliphatic heterocycles. The van der Waals surface area contributed by atoms with Crippen LogP contribution in [0.2, 0.25) is 0 Å². The van der Waals surface area contributed by atoms with Gasteiger partial charge in [0.2, 0.25) is 18.4 Å². The number of fused-ring (bicyclic) bond motifs is 2. The molecule has 2 aliphatic rings. The van der Waals surface area contributed by atoms with Crippen LogP contribution in [0.1, 0.15) is 27.0 Å². The van der Waals surface area contributed by atoms with E-state index in [1.54, 1.807) is 48.5 Å². The molecule has 0 bridgehead atoms. The van der Waals surface area contributed by atoms with E-state index in [-0.39, 0.29) is 36.1 Å². The van der Waals surface area contributed by atoms with Crippen molar-refractivity contribution in [3.63, 3.8) is 0 Å². The number of nitrogens with zero attached hydrogens (tertiary/aromatic N) is 3. The third-order valence-electron chi connectivity index (χ3n) is 8.62. The summed E-state index contributed by atoms with van der Waals surface area (Å²) in [7, 11) is 4.35. The molecule has 0 aliphatic carbocycles. The summed E-state index contributed by atoms with van der Waals surface area (Å²) < 4.78 is 27.8. The first kappa shape index (κ1) is 34.1. The third kappa shape index (κ3) is 6.47. The molecule has 3 heterocycles. The summed E-state index contributed by atoms with van der Waals surface area (Å²) >= 11 is 1.31. The van der Waals surface area contributed by atoms with Crippen LogP contribution in [0.25, 0.3) is 11.3 Å². The standard InChI is InChI=1S/C38H32N4O9S/c1-47-30-15-23(16-31(48-2)36(30)49-3)34(37(45)39-24-13-14-28-29(17-24)51-21-50-28)42(18-32-40-26(20-52-32)22-9-5-4-6-10-22)33(43)19-41-27-12-8-7-11-25(27)35(44)38(41)46/h4-17,20,34H,18-19,21H2,1-3H3,(H,39,45)/t34-/m1/s1. The molecule has 4 aromatic carbocycles. The van der Waals surface area contributed by atoms with E-state index in [1.165, 1.54) is 43.6 Å². The molecule has 3 amide bonds. The molecule has 1 aromatic heterocycles. The van der Waals surface area contributed by atoms with Crippen LogP contribution in [-0.4, -0.2) is 68.1 Å². The van der Waals surface area contributed by atoms with Gasteiger partial charge < -0.3 is 33.9 Å². The van der Waals surface area contributed by atoms with Gasteiger partial charge in [0.15, 0.2) is 23.0 Å². The van der Waals surface area contributed by atoms with Crippen molar-refractivity contribution in [2.75, 3.05) is 44.9 Å². The van der Waals surface area contributed by atoms with E-state index in [9.17, 15) is 19.2 Å². The van der Waals surface area contributed by atoms with E-state index in [2.05, 4.69) is 5.32 Å². The lowest BCUT2D eigenvalue weighted by atomic mass is 10.0. The zero-order chi connectivity index (χ0) is 36.4. The Morgan fingerprint density at radius 2 is 1.62 bits per heavy atom. The highest BCUT2D eigenvalue weighted by Gasteiger charge is 2.40. The molecule has 52 heavy (non-hydrogen) atoms. The SMILES string of the molecule is COc1cc([C@H](C(=O)Nc2ccc3c(c2)OCO3)N(Cc2nc(-c3ccccc3)cs2)C(=O)CN2C(=O)C(=O)c3ccccc32)cc(OC)c1OC. The lowest BCUT2D eigenvalue weighted by Gasteiger charge is -2.32. The van der Waals surface area contributed by atoms with E-state index in [0.717, 1.165) is 10.5 Å². The number of amides is 3. The maximum Gasteiger partial charge on any atom is 0.299 e. The molecule has 0 spiro atoms. The van der Waals surface area contributed by atoms with Gasteiger partial charge >= 0.3 is 0 Å². The second kappa shape index (κ2) is 14.4. The highest BCUT2D eigenvalue weighted by molar-refractivity contribution is 7.09. The number of para-hydroxylation sites is 1. The predicted molar refractivity (Wildman–Crippen MR) is 191 cm³/mol. The second-order valence-electron chi connectivity index (χ2n) is 11.7. The lowest BCUT2D eigenvalue weighted by Crippen LogP contribution is -2.46. The zero-order valence-electron chi connectivity index (χ0n) is 28.3. The molecule has 5 aromatic rings. The Labute approximate surface area is 302 Å². The van der Waals surface area contributed by atoms with E-state index < -0.39 is 36.1 Å². The monoisotopic (exact) mass is 720 g/mol. The van der Waals surface area contributed by atoms with Crippen molar-refractivity contribution in [1.82, 2.24) is 9.88 Å². The Morgan fingerprint density at radius 3 is 2.35 bits per heavy atom. The van der Waals surface area contributed by atoms with E-state index >= 15 is 0 Å². The number of hydrogen-bond donors (Lipinski definition) is 1. The van der Waals surface area contributed by atoms with Gasteiger partial charge in [-0.25, -0.2) is 4.98 Å². The number of carbonyl (C=O) groups excluding carboxylic acids is 4. The van der Waals surface area contributed by atoms with Crippen molar-refractivity contribution >= 4 is 46.2 Å². The number of carbonyl (C=O) groups is 4. The van der Waals surface area contributed by atoms with Crippen LogP contribution < -0.4 is 33.9 Å². The molecule has 13 nitrogen and oxygen atoms in total. The van der Waals surface area contributed by atoms with Gasteiger partial charge in [0.25, 0.3) is 17.6 Å². The molecule has 1 atom stereocenters. The smallest absolute Gasteiger partial charge is 0.299 e. The van der Waals surface area contributed by atoms with E-state index in [1.807, 2.05) is 35.7 Å². The first-order valence-corrected chi connectivity index (χ1v) is 16.9. The number of methoxy groups -OCH3 is 3. The van der Waals surface area contributed by atoms with Gasteiger partial charge in [-0.05, 0) is 42.0 Å². The molecule has 14 heteroatoms. The maximum absolute atomic E-state index is 14.7. The number of ether oxygens (including phenoxy) is 5. The van der Waals surface area contributed by atoms with E-state index in [0.29, 0.717) is 39.1 Å². The van der Waals surface area contributed by atoms with Crippen LogP contribution in [0.5, 0.6) is 28.7 Å². The minimum absolute atomic E-state index is 0.0444. The molecular formula is C38H32N4O9S. The molecule has 0 unspecified atom stereocenters. The number of nitrogens with one attached hydrogen (secondary N) is 1. The number of ketones is 1. The average Bonchev–Trinajstić information content (AvgIpc) is 3.90. The molecule has 0 fully saturated rings. The third-order valence-corrected chi connectivity index (χ3v) is 9.46. The quantitative estimate of drug-likeness (QED) is 0.164.